The Balaban J connectivity index is 1.84. The van der Waals surface area contributed by atoms with Crippen LogP contribution in [-0.2, 0) is 0 Å². The van der Waals surface area contributed by atoms with Gasteiger partial charge in [-0.15, -0.1) is 0 Å². The molecule has 0 amide bonds. The standard InChI is InChI=1S/C21H20N4/c1-14-12-13-16-8-4-5-9-17(16)20(14)24-15(2)23(3)25-19-11-7-6-10-18(19)22-21(24)25/h4-13,15H,1-3H3/t15-/m0/s1. The van der Waals surface area contributed by atoms with Crippen molar-refractivity contribution in [3.05, 3.63) is 66.2 Å². The number of anilines is 2. The molecule has 0 saturated carbocycles. The number of aromatic nitrogens is 2. The molecule has 1 aliphatic rings. The molecular weight excluding hydrogens is 308 g/mol. The van der Waals surface area contributed by atoms with Crippen molar-refractivity contribution in [2.45, 2.75) is 20.0 Å². The van der Waals surface area contributed by atoms with Gasteiger partial charge in [0, 0.05) is 12.4 Å². The Morgan fingerprint density at radius 2 is 1.68 bits per heavy atom. The highest BCUT2D eigenvalue weighted by molar-refractivity contribution is 5.98. The Morgan fingerprint density at radius 1 is 0.920 bits per heavy atom. The number of fused-ring (bicyclic) bond motifs is 4. The Bertz CT molecular complexity index is 1110. The molecule has 0 N–H and O–H groups in total. The van der Waals surface area contributed by atoms with E-state index in [-0.39, 0.29) is 6.17 Å². The summed E-state index contributed by atoms with van der Waals surface area (Å²) in [7, 11) is 2.13. The Labute approximate surface area is 146 Å². The molecule has 1 aliphatic heterocycles. The second-order valence-corrected chi connectivity index (χ2v) is 6.74. The van der Waals surface area contributed by atoms with Gasteiger partial charge in [0.05, 0.1) is 16.7 Å². The van der Waals surface area contributed by atoms with E-state index in [4.69, 9.17) is 4.98 Å². The first-order valence-electron chi connectivity index (χ1n) is 8.65. The zero-order valence-corrected chi connectivity index (χ0v) is 14.6. The van der Waals surface area contributed by atoms with Crippen molar-refractivity contribution in [1.82, 2.24) is 9.66 Å². The third kappa shape index (κ3) is 1.85. The van der Waals surface area contributed by atoms with Gasteiger partial charge in [0.1, 0.15) is 6.17 Å². The lowest BCUT2D eigenvalue weighted by Gasteiger charge is -2.28. The molecule has 25 heavy (non-hydrogen) atoms. The maximum atomic E-state index is 4.95. The summed E-state index contributed by atoms with van der Waals surface area (Å²) < 4.78 is 2.22. The lowest BCUT2D eigenvalue weighted by atomic mass is 10.0. The molecule has 0 spiro atoms. The molecule has 3 aromatic carbocycles. The van der Waals surface area contributed by atoms with Crippen LogP contribution in [0.4, 0.5) is 11.6 Å². The second-order valence-electron chi connectivity index (χ2n) is 6.74. The predicted molar refractivity (Wildman–Crippen MR) is 104 cm³/mol. The van der Waals surface area contributed by atoms with Crippen LogP contribution < -0.4 is 9.91 Å². The summed E-state index contributed by atoms with van der Waals surface area (Å²) in [5.74, 6) is 0.982. The zero-order valence-electron chi connectivity index (χ0n) is 14.6. The molecule has 0 radical (unpaired) electrons. The van der Waals surface area contributed by atoms with Gasteiger partial charge in [0.25, 0.3) is 0 Å². The molecule has 0 unspecified atom stereocenters. The maximum absolute atomic E-state index is 4.95. The maximum Gasteiger partial charge on any atom is 0.232 e. The summed E-state index contributed by atoms with van der Waals surface area (Å²) in [5.41, 5.74) is 4.68. The van der Waals surface area contributed by atoms with Crippen LogP contribution in [0.3, 0.4) is 0 Å². The van der Waals surface area contributed by atoms with Gasteiger partial charge < -0.3 is 0 Å². The lowest BCUT2D eigenvalue weighted by molar-refractivity contribution is 0.634. The van der Waals surface area contributed by atoms with Crippen molar-refractivity contribution in [1.29, 1.82) is 0 Å². The van der Waals surface area contributed by atoms with Crippen LogP contribution in [0.5, 0.6) is 0 Å². The van der Waals surface area contributed by atoms with Crippen LogP contribution in [0, 0.1) is 6.92 Å². The van der Waals surface area contributed by atoms with E-state index in [2.05, 4.69) is 90.1 Å². The fraction of sp³-hybridized carbons (Fsp3) is 0.190. The summed E-state index contributed by atoms with van der Waals surface area (Å²) in [4.78, 5) is 7.31. The van der Waals surface area contributed by atoms with Crippen LogP contribution in [0.25, 0.3) is 21.8 Å². The number of rotatable bonds is 1. The van der Waals surface area contributed by atoms with Gasteiger partial charge in [-0.2, -0.15) is 0 Å². The fourth-order valence-electron chi connectivity index (χ4n) is 3.94. The Hall–Kier alpha value is -3.01. The van der Waals surface area contributed by atoms with E-state index in [0.29, 0.717) is 0 Å². The van der Waals surface area contributed by atoms with Crippen molar-refractivity contribution < 1.29 is 0 Å². The average Bonchev–Trinajstić information content (AvgIpc) is 3.12. The first kappa shape index (κ1) is 14.3. The quantitative estimate of drug-likeness (QED) is 0.512. The SMILES string of the molecule is Cc1ccc2ccccc2c1N1c2nc3ccccc3n2N(C)[C@@H]1C. The van der Waals surface area contributed by atoms with Gasteiger partial charge in [0.2, 0.25) is 5.95 Å². The van der Waals surface area contributed by atoms with Crippen LogP contribution in [0.1, 0.15) is 12.5 Å². The molecule has 0 bridgehead atoms. The Morgan fingerprint density at radius 3 is 2.56 bits per heavy atom. The molecule has 124 valence electrons. The highest BCUT2D eigenvalue weighted by Crippen LogP contribution is 2.41. The van der Waals surface area contributed by atoms with E-state index in [1.165, 1.54) is 22.0 Å². The largest absolute Gasteiger partial charge is 0.290 e. The fourth-order valence-corrected chi connectivity index (χ4v) is 3.94. The summed E-state index contributed by atoms with van der Waals surface area (Å²) in [6.45, 7) is 4.41. The van der Waals surface area contributed by atoms with Crippen LogP contribution >= 0.6 is 0 Å². The summed E-state index contributed by atoms with van der Waals surface area (Å²) in [6.07, 6.45) is 0.191. The highest BCUT2D eigenvalue weighted by atomic mass is 15.7. The monoisotopic (exact) mass is 328 g/mol. The molecule has 5 rings (SSSR count). The molecule has 1 atom stereocenters. The molecular formula is C21H20N4. The first-order valence-corrected chi connectivity index (χ1v) is 8.65. The normalized spacial score (nSPS) is 16.8. The molecule has 0 aliphatic carbocycles. The summed E-state index contributed by atoms with van der Waals surface area (Å²) in [5, 5.41) is 4.78. The minimum atomic E-state index is 0.191. The summed E-state index contributed by atoms with van der Waals surface area (Å²) in [6, 6.07) is 21.3. The predicted octanol–water partition coefficient (Wildman–Crippen LogP) is 4.56. The molecule has 0 saturated heterocycles. The van der Waals surface area contributed by atoms with Crippen molar-refractivity contribution in [2.75, 3.05) is 17.0 Å². The average molecular weight is 328 g/mol. The van der Waals surface area contributed by atoms with E-state index < -0.39 is 0 Å². The minimum absolute atomic E-state index is 0.191. The minimum Gasteiger partial charge on any atom is -0.290 e. The molecule has 2 heterocycles. The van der Waals surface area contributed by atoms with Gasteiger partial charge in [-0.05, 0) is 36.9 Å². The zero-order chi connectivity index (χ0) is 17.1. The van der Waals surface area contributed by atoms with Gasteiger partial charge in [-0.1, -0.05) is 48.5 Å². The number of hydrogen-bond acceptors (Lipinski definition) is 3. The smallest absolute Gasteiger partial charge is 0.232 e. The third-order valence-corrected chi connectivity index (χ3v) is 5.31. The van der Waals surface area contributed by atoms with Gasteiger partial charge in [-0.25, -0.2) is 9.66 Å². The third-order valence-electron chi connectivity index (χ3n) is 5.31. The van der Waals surface area contributed by atoms with Crippen LogP contribution in [-0.4, -0.2) is 22.9 Å². The van der Waals surface area contributed by atoms with Crippen molar-refractivity contribution in [3.8, 4) is 0 Å². The molecule has 4 heteroatoms. The first-order chi connectivity index (χ1) is 12.2. The Kier molecular flexibility index (Phi) is 2.86. The molecule has 0 fully saturated rings. The van der Waals surface area contributed by atoms with E-state index in [1.807, 2.05) is 6.07 Å². The number of imidazole rings is 1. The summed E-state index contributed by atoms with van der Waals surface area (Å²) >= 11 is 0. The molecule has 4 aromatic rings. The van der Waals surface area contributed by atoms with Crippen LogP contribution in [0.2, 0.25) is 0 Å². The van der Waals surface area contributed by atoms with E-state index in [9.17, 15) is 0 Å². The van der Waals surface area contributed by atoms with Gasteiger partial charge in [0.15, 0.2) is 0 Å². The molecule has 4 nitrogen and oxygen atoms in total. The number of hydrogen-bond donors (Lipinski definition) is 0. The van der Waals surface area contributed by atoms with Gasteiger partial charge in [-0.3, -0.25) is 9.91 Å². The van der Waals surface area contributed by atoms with Crippen molar-refractivity contribution in [3.63, 3.8) is 0 Å². The second kappa shape index (κ2) is 4.99. The topological polar surface area (TPSA) is 24.3 Å². The lowest BCUT2D eigenvalue weighted by Crippen LogP contribution is -2.39. The van der Waals surface area contributed by atoms with Crippen molar-refractivity contribution >= 4 is 33.4 Å². The van der Waals surface area contributed by atoms with E-state index >= 15 is 0 Å². The highest BCUT2D eigenvalue weighted by Gasteiger charge is 2.36. The van der Waals surface area contributed by atoms with Gasteiger partial charge >= 0.3 is 0 Å². The van der Waals surface area contributed by atoms with Crippen LogP contribution in [0.15, 0.2) is 60.7 Å². The number of para-hydroxylation sites is 2. The molecule has 1 aromatic heterocycles. The van der Waals surface area contributed by atoms with E-state index in [1.54, 1.807) is 0 Å². The van der Waals surface area contributed by atoms with Crippen molar-refractivity contribution in [2.24, 2.45) is 0 Å². The number of aryl methyl sites for hydroxylation is 1. The number of benzene rings is 3. The number of nitrogens with zero attached hydrogens (tertiary/aromatic N) is 4. The van der Waals surface area contributed by atoms with E-state index in [0.717, 1.165) is 17.0 Å².